The molecule has 2 aliphatic carbocycles. The number of carbonyl (C=O) groups is 4. The Morgan fingerprint density at radius 3 is 2.30 bits per heavy atom. The van der Waals surface area contributed by atoms with E-state index in [-0.39, 0.29) is 12.0 Å². The van der Waals surface area contributed by atoms with Crippen LogP contribution < -0.4 is 0 Å². The number of carbonyl (C=O) groups excluding carboxylic acids is 4. The van der Waals surface area contributed by atoms with Gasteiger partial charge in [0.2, 0.25) is 0 Å². The SMILES string of the molecule is C=C1C(=O)O[C@H]2[C@H](O)[C@@H](C)[C@@H]3[C@@H](OC(=O)/C(C)=C\C)C[C@@H](OC(C)=O)[C@@]3(C)[C@H](OC(C)=O)[C@H]12. The molecule has 1 N–H and O–H groups in total. The summed E-state index contributed by atoms with van der Waals surface area (Å²) in [5, 5.41) is 11.2. The van der Waals surface area contributed by atoms with Crippen molar-refractivity contribution in [2.45, 2.75) is 78.5 Å². The number of rotatable bonds is 4. The van der Waals surface area contributed by atoms with Crippen molar-refractivity contribution >= 4 is 23.9 Å². The van der Waals surface area contributed by atoms with Crippen molar-refractivity contribution in [2.24, 2.45) is 23.2 Å². The zero-order valence-corrected chi connectivity index (χ0v) is 19.8. The van der Waals surface area contributed by atoms with Crippen LogP contribution in [0.2, 0.25) is 0 Å². The van der Waals surface area contributed by atoms with E-state index in [2.05, 4.69) is 6.58 Å². The van der Waals surface area contributed by atoms with Gasteiger partial charge in [0.25, 0.3) is 0 Å². The third-order valence-corrected chi connectivity index (χ3v) is 7.52. The van der Waals surface area contributed by atoms with E-state index in [0.717, 1.165) is 0 Å². The van der Waals surface area contributed by atoms with Crippen molar-refractivity contribution in [2.75, 3.05) is 0 Å². The maximum atomic E-state index is 12.6. The zero-order chi connectivity index (χ0) is 24.8. The van der Waals surface area contributed by atoms with Crippen molar-refractivity contribution in [3.05, 3.63) is 23.8 Å². The van der Waals surface area contributed by atoms with E-state index in [9.17, 15) is 24.3 Å². The van der Waals surface area contributed by atoms with Crippen molar-refractivity contribution in [3.63, 3.8) is 0 Å². The third kappa shape index (κ3) is 4.07. The summed E-state index contributed by atoms with van der Waals surface area (Å²) in [6.45, 7) is 13.2. The Labute approximate surface area is 193 Å². The summed E-state index contributed by atoms with van der Waals surface area (Å²) in [5.41, 5.74) is -0.626. The zero-order valence-electron chi connectivity index (χ0n) is 19.8. The fraction of sp³-hybridized carbons (Fsp3) is 0.667. The highest BCUT2D eigenvalue weighted by Gasteiger charge is 2.69. The lowest BCUT2D eigenvalue weighted by Gasteiger charge is -2.44. The van der Waals surface area contributed by atoms with Crippen LogP contribution >= 0.6 is 0 Å². The van der Waals surface area contributed by atoms with E-state index in [1.54, 1.807) is 33.8 Å². The van der Waals surface area contributed by atoms with E-state index in [4.69, 9.17) is 18.9 Å². The summed E-state index contributed by atoms with van der Waals surface area (Å²) in [4.78, 5) is 49.2. The summed E-state index contributed by atoms with van der Waals surface area (Å²) < 4.78 is 22.7. The molecule has 0 radical (unpaired) electrons. The minimum Gasteiger partial charge on any atom is -0.462 e. The lowest BCUT2D eigenvalue weighted by Crippen LogP contribution is -2.52. The molecule has 3 rings (SSSR count). The standard InChI is InChI=1S/C24H32O9/c1-8-10(2)22(28)32-15-9-16(30-13(5)25)24(7)18(15)12(4)19(27)20-17(11(3)23(29)33-20)21(24)31-14(6)26/h8,12,15-21,27H,3,9H2,1-2,4-7H3/b10-8-/t12-,15-,16+,17+,18+,19+,20+,21+,24+/m0/s1. The number of hydrogen-bond donors (Lipinski definition) is 1. The maximum Gasteiger partial charge on any atom is 0.334 e. The molecule has 9 nitrogen and oxygen atoms in total. The van der Waals surface area contributed by atoms with Crippen molar-refractivity contribution in [1.29, 1.82) is 0 Å². The van der Waals surface area contributed by atoms with Crippen LogP contribution in [0, 0.1) is 23.2 Å². The molecule has 1 heterocycles. The van der Waals surface area contributed by atoms with Crippen LogP contribution in [0.25, 0.3) is 0 Å². The quantitative estimate of drug-likeness (QED) is 0.377. The van der Waals surface area contributed by atoms with Crippen LogP contribution in [-0.2, 0) is 38.1 Å². The van der Waals surface area contributed by atoms with Gasteiger partial charge < -0.3 is 24.1 Å². The second-order valence-electron chi connectivity index (χ2n) is 9.44. The number of hydrogen-bond acceptors (Lipinski definition) is 9. The van der Waals surface area contributed by atoms with Crippen molar-refractivity contribution < 1.29 is 43.2 Å². The summed E-state index contributed by atoms with van der Waals surface area (Å²) >= 11 is 0. The smallest absolute Gasteiger partial charge is 0.334 e. The van der Waals surface area contributed by atoms with Gasteiger partial charge in [0.15, 0.2) is 0 Å². The molecule has 3 aliphatic rings. The minimum atomic E-state index is -1.15. The topological polar surface area (TPSA) is 125 Å². The second-order valence-corrected chi connectivity index (χ2v) is 9.44. The Bertz CT molecular complexity index is 906. The highest BCUT2D eigenvalue weighted by Crippen LogP contribution is 2.59. The van der Waals surface area contributed by atoms with Crippen molar-refractivity contribution in [1.82, 2.24) is 0 Å². The van der Waals surface area contributed by atoms with E-state index < -0.39 is 77.6 Å². The Balaban J connectivity index is 2.18. The van der Waals surface area contributed by atoms with Crippen molar-refractivity contribution in [3.8, 4) is 0 Å². The first-order valence-corrected chi connectivity index (χ1v) is 11.1. The van der Waals surface area contributed by atoms with Gasteiger partial charge in [-0.2, -0.15) is 0 Å². The van der Waals surface area contributed by atoms with Gasteiger partial charge in [-0.15, -0.1) is 0 Å². The molecule has 0 aromatic heterocycles. The second kappa shape index (κ2) is 8.93. The third-order valence-electron chi connectivity index (χ3n) is 7.52. The van der Waals surface area contributed by atoms with Gasteiger partial charge >= 0.3 is 23.9 Å². The first-order valence-electron chi connectivity index (χ1n) is 11.1. The Hall–Kier alpha value is -2.68. The van der Waals surface area contributed by atoms with Crippen LogP contribution in [0.15, 0.2) is 23.8 Å². The van der Waals surface area contributed by atoms with Crippen LogP contribution in [0.4, 0.5) is 0 Å². The molecule has 0 spiro atoms. The average molecular weight is 465 g/mol. The van der Waals surface area contributed by atoms with Crippen LogP contribution in [-0.4, -0.2) is 59.5 Å². The lowest BCUT2D eigenvalue weighted by atomic mass is 9.66. The summed E-state index contributed by atoms with van der Waals surface area (Å²) in [6, 6.07) is 0. The molecule has 0 unspecified atom stereocenters. The fourth-order valence-electron chi connectivity index (χ4n) is 5.87. The molecular weight excluding hydrogens is 432 g/mol. The molecule has 0 amide bonds. The van der Waals surface area contributed by atoms with E-state index in [1.165, 1.54) is 13.8 Å². The monoisotopic (exact) mass is 464 g/mol. The Morgan fingerprint density at radius 2 is 1.76 bits per heavy atom. The van der Waals surface area contributed by atoms with Gasteiger partial charge in [-0.05, 0) is 19.8 Å². The molecule has 182 valence electrons. The van der Waals surface area contributed by atoms with E-state index in [0.29, 0.717) is 5.57 Å². The molecule has 0 aromatic rings. The molecule has 0 aromatic carbocycles. The van der Waals surface area contributed by atoms with Crippen LogP contribution in [0.3, 0.4) is 0 Å². The first kappa shape index (κ1) is 25.0. The number of ether oxygens (including phenoxy) is 4. The van der Waals surface area contributed by atoms with E-state index in [1.807, 2.05) is 0 Å². The van der Waals surface area contributed by atoms with Gasteiger partial charge in [-0.3, -0.25) is 9.59 Å². The highest BCUT2D eigenvalue weighted by atomic mass is 16.6. The van der Waals surface area contributed by atoms with E-state index >= 15 is 0 Å². The average Bonchev–Trinajstić information content (AvgIpc) is 3.15. The predicted octanol–water partition coefficient (Wildman–Crippen LogP) is 1.86. The largest absolute Gasteiger partial charge is 0.462 e. The minimum absolute atomic E-state index is 0.0751. The van der Waals surface area contributed by atoms with Gasteiger partial charge in [0.05, 0.1) is 12.0 Å². The lowest BCUT2D eigenvalue weighted by molar-refractivity contribution is -0.178. The van der Waals surface area contributed by atoms with Gasteiger partial charge in [-0.25, -0.2) is 9.59 Å². The molecule has 3 fully saturated rings. The number of fused-ring (bicyclic) bond motifs is 2. The Morgan fingerprint density at radius 1 is 1.15 bits per heavy atom. The molecule has 1 aliphatic heterocycles. The number of aliphatic hydroxyl groups is 1. The van der Waals surface area contributed by atoms with Gasteiger partial charge in [0, 0.05) is 42.7 Å². The number of allylic oxidation sites excluding steroid dienone is 1. The molecule has 33 heavy (non-hydrogen) atoms. The summed E-state index contributed by atoms with van der Waals surface area (Å²) in [6.07, 6.45) is -2.95. The van der Waals surface area contributed by atoms with Gasteiger partial charge in [-0.1, -0.05) is 26.5 Å². The summed E-state index contributed by atoms with van der Waals surface area (Å²) in [7, 11) is 0. The Kier molecular flexibility index (Phi) is 6.75. The normalized spacial score (nSPS) is 40.3. The first-order chi connectivity index (χ1) is 15.3. The predicted molar refractivity (Wildman–Crippen MR) is 114 cm³/mol. The van der Waals surface area contributed by atoms with Crippen LogP contribution in [0.5, 0.6) is 0 Å². The van der Waals surface area contributed by atoms with Crippen LogP contribution in [0.1, 0.15) is 48.0 Å². The maximum absolute atomic E-state index is 12.6. The molecule has 2 saturated carbocycles. The molecule has 1 saturated heterocycles. The highest BCUT2D eigenvalue weighted by molar-refractivity contribution is 5.91. The molecular formula is C24H32O9. The van der Waals surface area contributed by atoms with Gasteiger partial charge in [0.1, 0.15) is 24.4 Å². The molecule has 9 heteroatoms. The molecule has 9 atom stereocenters. The number of aliphatic hydroxyl groups excluding tert-OH is 1. The summed E-state index contributed by atoms with van der Waals surface area (Å²) in [5.74, 6) is -4.36. The number of esters is 4. The fourth-order valence-corrected chi connectivity index (χ4v) is 5.87. The molecule has 0 bridgehead atoms.